The zero-order valence-electron chi connectivity index (χ0n) is 16.4. The zero-order chi connectivity index (χ0) is 19.5. The lowest BCUT2D eigenvalue weighted by atomic mass is 9.89. The lowest BCUT2D eigenvalue weighted by Crippen LogP contribution is -2.29. The Morgan fingerprint density at radius 2 is 1.82 bits per heavy atom. The molecule has 6 nitrogen and oxygen atoms in total. The third-order valence-electron chi connectivity index (χ3n) is 5.45. The van der Waals surface area contributed by atoms with Crippen molar-refractivity contribution >= 4 is 11.7 Å². The second-order valence-electron chi connectivity index (χ2n) is 7.21. The number of nitrogens with one attached hydrogen (secondary N) is 1. The molecular weight excluding hydrogens is 356 g/mol. The van der Waals surface area contributed by atoms with Gasteiger partial charge in [-0.15, -0.1) is 0 Å². The highest BCUT2D eigenvalue weighted by Crippen LogP contribution is 2.38. The molecular formula is C22H26N2O4. The van der Waals surface area contributed by atoms with Crippen molar-refractivity contribution in [3.63, 3.8) is 0 Å². The molecule has 0 saturated carbocycles. The average Bonchev–Trinajstić information content (AvgIpc) is 3.02. The minimum atomic E-state index is -0.371. The van der Waals surface area contributed by atoms with Crippen molar-refractivity contribution in [2.75, 3.05) is 45.3 Å². The quantitative estimate of drug-likeness (QED) is 0.648. The standard InChI is InChI=1S/C22H26N2O4/c1-26-18-10-16(11-19(14-18)27-2)20-12-15-4-5-17(13-21(15)28-22(20)25)24-8-3-6-23-7-9-24/h4-5,10-11,13-14,20,23H,3,6-9,12H2,1-2H3. The van der Waals surface area contributed by atoms with Crippen molar-refractivity contribution in [1.82, 2.24) is 5.32 Å². The Morgan fingerprint density at radius 1 is 1.04 bits per heavy atom. The van der Waals surface area contributed by atoms with E-state index >= 15 is 0 Å². The first-order valence-corrected chi connectivity index (χ1v) is 9.71. The number of carbonyl (C=O) groups excluding carboxylic acids is 1. The zero-order valence-corrected chi connectivity index (χ0v) is 16.4. The van der Waals surface area contributed by atoms with Gasteiger partial charge < -0.3 is 24.4 Å². The minimum Gasteiger partial charge on any atom is -0.497 e. The smallest absolute Gasteiger partial charge is 0.319 e. The van der Waals surface area contributed by atoms with E-state index in [0.29, 0.717) is 23.7 Å². The predicted molar refractivity (Wildman–Crippen MR) is 108 cm³/mol. The Balaban J connectivity index is 1.59. The molecule has 2 aliphatic rings. The van der Waals surface area contributed by atoms with Crippen LogP contribution in [0.1, 0.15) is 23.5 Å². The fourth-order valence-corrected chi connectivity index (χ4v) is 3.87. The van der Waals surface area contributed by atoms with Gasteiger partial charge in [-0.2, -0.15) is 0 Å². The molecule has 2 heterocycles. The highest BCUT2D eigenvalue weighted by Gasteiger charge is 2.31. The van der Waals surface area contributed by atoms with Crippen molar-refractivity contribution in [2.45, 2.75) is 18.8 Å². The number of rotatable bonds is 4. The van der Waals surface area contributed by atoms with Crippen LogP contribution in [0.25, 0.3) is 0 Å². The number of hydrogen-bond donors (Lipinski definition) is 1. The summed E-state index contributed by atoms with van der Waals surface area (Å²) in [6.45, 7) is 3.98. The fraction of sp³-hybridized carbons (Fsp3) is 0.409. The van der Waals surface area contributed by atoms with Crippen LogP contribution in [0.5, 0.6) is 17.2 Å². The van der Waals surface area contributed by atoms with Gasteiger partial charge in [-0.05, 0) is 48.7 Å². The third-order valence-corrected chi connectivity index (χ3v) is 5.45. The molecule has 28 heavy (non-hydrogen) atoms. The van der Waals surface area contributed by atoms with E-state index in [1.807, 2.05) is 18.2 Å². The molecule has 6 heteroatoms. The van der Waals surface area contributed by atoms with E-state index in [0.717, 1.165) is 49.4 Å². The van der Waals surface area contributed by atoms with Gasteiger partial charge in [0.1, 0.15) is 17.2 Å². The van der Waals surface area contributed by atoms with Crippen molar-refractivity contribution in [2.24, 2.45) is 0 Å². The largest absolute Gasteiger partial charge is 0.497 e. The van der Waals surface area contributed by atoms with Crippen molar-refractivity contribution in [3.05, 3.63) is 47.5 Å². The van der Waals surface area contributed by atoms with Gasteiger partial charge in [0, 0.05) is 37.5 Å². The van der Waals surface area contributed by atoms with Crippen LogP contribution >= 0.6 is 0 Å². The lowest BCUT2D eigenvalue weighted by molar-refractivity contribution is -0.137. The van der Waals surface area contributed by atoms with E-state index in [9.17, 15) is 4.79 Å². The predicted octanol–water partition coefficient (Wildman–Crippen LogP) is 2.75. The van der Waals surface area contributed by atoms with Gasteiger partial charge in [-0.1, -0.05) is 6.07 Å². The summed E-state index contributed by atoms with van der Waals surface area (Å²) in [7, 11) is 3.21. The first-order chi connectivity index (χ1) is 13.7. The average molecular weight is 382 g/mol. The number of methoxy groups -OCH3 is 2. The van der Waals surface area contributed by atoms with Gasteiger partial charge in [0.15, 0.2) is 0 Å². The third kappa shape index (κ3) is 3.78. The van der Waals surface area contributed by atoms with Crippen LogP contribution in [-0.4, -0.2) is 46.4 Å². The van der Waals surface area contributed by atoms with Gasteiger partial charge in [0.2, 0.25) is 0 Å². The van der Waals surface area contributed by atoms with Crippen LogP contribution in [0.4, 0.5) is 5.69 Å². The Morgan fingerprint density at radius 3 is 2.57 bits per heavy atom. The maximum Gasteiger partial charge on any atom is 0.319 e. The number of esters is 1. The lowest BCUT2D eigenvalue weighted by Gasteiger charge is -2.27. The van der Waals surface area contributed by atoms with Crippen molar-refractivity contribution in [3.8, 4) is 17.2 Å². The number of ether oxygens (including phenoxy) is 3. The molecule has 0 aliphatic carbocycles. The Labute approximate surface area is 165 Å². The highest BCUT2D eigenvalue weighted by molar-refractivity contribution is 5.84. The molecule has 1 saturated heterocycles. The van der Waals surface area contributed by atoms with Crippen LogP contribution < -0.4 is 24.4 Å². The maximum absolute atomic E-state index is 12.8. The number of hydrogen-bond acceptors (Lipinski definition) is 6. The van der Waals surface area contributed by atoms with Crippen LogP contribution in [-0.2, 0) is 11.2 Å². The molecule has 1 atom stereocenters. The maximum atomic E-state index is 12.8. The van der Waals surface area contributed by atoms with Gasteiger partial charge >= 0.3 is 5.97 Å². The summed E-state index contributed by atoms with van der Waals surface area (Å²) < 4.78 is 16.4. The Hall–Kier alpha value is -2.73. The fourth-order valence-electron chi connectivity index (χ4n) is 3.87. The summed E-state index contributed by atoms with van der Waals surface area (Å²) >= 11 is 0. The van der Waals surface area contributed by atoms with Gasteiger partial charge in [0.25, 0.3) is 0 Å². The van der Waals surface area contributed by atoms with E-state index in [1.54, 1.807) is 20.3 Å². The molecule has 0 aromatic heterocycles. The monoisotopic (exact) mass is 382 g/mol. The number of carbonyl (C=O) groups is 1. The number of benzene rings is 2. The van der Waals surface area contributed by atoms with E-state index < -0.39 is 0 Å². The summed E-state index contributed by atoms with van der Waals surface area (Å²) in [5.74, 6) is 1.39. The Kier molecular flexibility index (Phi) is 5.39. The summed E-state index contributed by atoms with van der Waals surface area (Å²) in [6, 6.07) is 11.8. The minimum absolute atomic E-state index is 0.238. The molecule has 0 radical (unpaired) electrons. The van der Waals surface area contributed by atoms with E-state index in [1.165, 1.54) is 0 Å². The summed E-state index contributed by atoms with van der Waals surface area (Å²) in [6.07, 6.45) is 1.71. The van der Waals surface area contributed by atoms with Gasteiger partial charge in [0.05, 0.1) is 20.1 Å². The van der Waals surface area contributed by atoms with Gasteiger partial charge in [-0.3, -0.25) is 4.79 Å². The molecule has 0 bridgehead atoms. The molecule has 2 aliphatic heterocycles. The van der Waals surface area contributed by atoms with Gasteiger partial charge in [-0.25, -0.2) is 0 Å². The summed E-state index contributed by atoms with van der Waals surface area (Å²) in [4.78, 5) is 15.1. The molecule has 1 fully saturated rings. The van der Waals surface area contributed by atoms with Crippen LogP contribution in [0, 0.1) is 0 Å². The first kappa shape index (κ1) is 18.6. The molecule has 0 amide bonds. The van der Waals surface area contributed by atoms with Crippen molar-refractivity contribution in [1.29, 1.82) is 0 Å². The van der Waals surface area contributed by atoms with Crippen LogP contribution in [0.3, 0.4) is 0 Å². The SMILES string of the molecule is COc1cc(OC)cc(C2Cc3ccc(N4CCCNCC4)cc3OC2=O)c1. The summed E-state index contributed by atoms with van der Waals surface area (Å²) in [5, 5.41) is 3.41. The first-order valence-electron chi connectivity index (χ1n) is 9.71. The second-order valence-corrected chi connectivity index (χ2v) is 7.21. The highest BCUT2D eigenvalue weighted by atomic mass is 16.5. The summed E-state index contributed by atoms with van der Waals surface area (Å²) in [5.41, 5.74) is 2.99. The second kappa shape index (κ2) is 8.10. The van der Waals surface area contributed by atoms with Crippen LogP contribution in [0.2, 0.25) is 0 Å². The van der Waals surface area contributed by atoms with E-state index in [-0.39, 0.29) is 11.9 Å². The van der Waals surface area contributed by atoms with E-state index in [2.05, 4.69) is 22.3 Å². The van der Waals surface area contributed by atoms with E-state index in [4.69, 9.17) is 14.2 Å². The molecule has 1 N–H and O–H groups in total. The number of anilines is 1. The van der Waals surface area contributed by atoms with Crippen LogP contribution in [0.15, 0.2) is 36.4 Å². The molecule has 2 aromatic carbocycles. The topological polar surface area (TPSA) is 60.0 Å². The molecule has 1 unspecified atom stereocenters. The number of nitrogens with zero attached hydrogens (tertiary/aromatic N) is 1. The molecule has 148 valence electrons. The molecule has 2 aromatic rings. The number of fused-ring (bicyclic) bond motifs is 1. The molecule has 4 rings (SSSR count). The normalized spacial score (nSPS) is 19.4. The van der Waals surface area contributed by atoms with Crippen molar-refractivity contribution < 1.29 is 19.0 Å². The molecule has 0 spiro atoms. The Bertz CT molecular complexity index is 837.